The second-order valence-corrected chi connectivity index (χ2v) is 9.25. The molecule has 1 aliphatic carbocycles. The van der Waals surface area contributed by atoms with Crippen molar-refractivity contribution in [3.8, 4) is 0 Å². The molecule has 3 aromatic rings. The molecule has 3 aliphatic rings. The summed E-state index contributed by atoms with van der Waals surface area (Å²) in [5.74, 6) is 1.53. The van der Waals surface area contributed by atoms with Crippen molar-refractivity contribution in [2.75, 3.05) is 34.8 Å². The molecule has 0 amide bonds. The Labute approximate surface area is 190 Å². The van der Waals surface area contributed by atoms with Gasteiger partial charge in [-0.1, -0.05) is 0 Å². The van der Waals surface area contributed by atoms with E-state index in [4.69, 9.17) is 10.1 Å². The van der Waals surface area contributed by atoms with Gasteiger partial charge in [0.15, 0.2) is 11.6 Å². The van der Waals surface area contributed by atoms with Crippen LogP contribution >= 0.6 is 0 Å². The number of aryl methyl sites for hydroxylation is 2. The molecule has 2 fully saturated rings. The van der Waals surface area contributed by atoms with Crippen LogP contribution in [0.2, 0.25) is 0 Å². The van der Waals surface area contributed by atoms with E-state index >= 15 is 0 Å². The van der Waals surface area contributed by atoms with Gasteiger partial charge in [0.25, 0.3) is 0 Å². The summed E-state index contributed by atoms with van der Waals surface area (Å²) in [7, 11) is 0. The van der Waals surface area contributed by atoms with Gasteiger partial charge in [-0.2, -0.15) is 4.98 Å². The number of anilines is 4. The van der Waals surface area contributed by atoms with E-state index in [-0.39, 0.29) is 0 Å². The summed E-state index contributed by atoms with van der Waals surface area (Å²) in [5.41, 5.74) is 1.56. The van der Waals surface area contributed by atoms with Crippen molar-refractivity contribution in [1.82, 2.24) is 24.7 Å². The fourth-order valence-corrected chi connectivity index (χ4v) is 5.53. The molecule has 1 N–H and O–H groups in total. The first kappa shape index (κ1) is 20.3. The van der Waals surface area contributed by atoms with Gasteiger partial charge >= 0.3 is 0 Å². The van der Waals surface area contributed by atoms with Crippen molar-refractivity contribution in [2.24, 2.45) is 11.8 Å². The third-order valence-electron chi connectivity index (χ3n) is 7.10. The fraction of sp³-hybridized carbons (Fsp3) is 0.478. The maximum absolute atomic E-state index is 13.8. The molecule has 4 heterocycles. The van der Waals surface area contributed by atoms with Gasteiger partial charge in [0.05, 0.1) is 0 Å². The van der Waals surface area contributed by atoms with Crippen LogP contribution < -0.4 is 15.1 Å². The van der Waals surface area contributed by atoms with Gasteiger partial charge in [-0.3, -0.25) is 0 Å². The van der Waals surface area contributed by atoms with Crippen LogP contribution in [0.1, 0.15) is 25.0 Å². The second kappa shape index (κ2) is 7.93. The Morgan fingerprint density at radius 3 is 2.58 bits per heavy atom. The predicted molar refractivity (Wildman–Crippen MR) is 121 cm³/mol. The van der Waals surface area contributed by atoms with Crippen LogP contribution in [0.25, 0.3) is 0 Å². The van der Waals surface area contributed by atoms with Gasteiger partial charge in [-0.05, 0) is 50.2 Å². The Kier molecular flexibility index (Phi) is 4.88. The van der Waals surface area contributed by atoms with Crippen molar-refractivity contribution in [3.05, 3.63) is 47.9 Å². The Morgan fingerprint density at radius 1 is 1.00 bits per heavy atom. The number of nitrogens with zero attached hydrogens (tertiary/aromatic N) is 7. The maximum atomic E-state index is 13.8. The maximum Gasteiger partial charge on any atom is 0.244 e. The van der Waals surface area contributed by atoms with Crippen LogP contribution in [-0.4, -0.2) is 50.4 Å². The Bertz CT molecular complexity index is 1170. The van der Waals surface area contributed by atoms with Gasteiger partial charge in [-0.15, -0.1) is 5.10 Å². The van der Waals surface area contributed by atoms with Gasteiger partial charge in [0.2, 0.25) is 11.9 Å². The van der Waals surface area contributed by atoms with Crippen molar-refractivity contribution < 1.29 is 8.78 Å². The zero-order valence-electron chi connectivity index (χ0n) is 18.5. The fourth-order valence-electron chi connectivity index (χ4n) is 5.53. The SMILES string of the molecule is Cc1cc(N2CC3CC[C@@H](C2)C3Nc2nc3n(n2)CCCN3c2ccc(F)c(F)c2)ncn1. The van der Waals surface area contributed by atoms with E-state index in [1.165, 1.54) is 6.07 Å². The molecule has 1 saturated carbocycles. The quantitative estimate of drug-likeness (QED) is 0.649. The highest BCUT2D eigenvalue weighted by molar-refractivity contribution is 5.59. The number of halogens is 2. The lowest BCUT2D eigenvalue weighted by Gasteiger charge is -2.38. The number of hydrogen-bond donors (Lipinski definition) is 1. The van der Waals surface area contributed by atoms with Crippen molar-refractivity contribution in [1.29, 1.82) is 0 Å². The average Bonchev–Trinajstić information content (AvgIpc) is 3.31. The molecule has 0 spiro atoms. The predicted octanol–water partition coefficient (Wildman–Crippen LogP) is 3.52. The normalized spacial score (nSPS) is 24.2. The largest absolute Gasteiger partial charge is 0.356 e. The lowest BCUT2D eigenvalue weighted by atomic mass is 9.92. The smallest absolute Gasteiger partial charge is 0.244 e. The number of piperidine rings is 1. The highest BCUT2D eigenvalue weighted by Crippen LogP contribution is 2.40. The highest BCUT2D eigenvalue weighted by atomic mass is 19.2. The lowest BCUT2D eigenvalue weighted by Crippen LogP contribution is -2.48. The van der Waals surface area contributed by atoms with E-state index in [2.05, 4.69) is 20.2 Å². The molecule has 1 saturated heterocycles. The first-order chi connectivity index (χ1) is 16.0. The zero-order chi connectivity index (χ0) is 22.5. The monoisotopic (exact) mass is 452 g/mol. The Hall–Kier alpha value is -3.30. The van der Waals surface area contributed by atoms with E-state index < -0.39 is 11.6 Å². The second-order valence-electron chi connectivity index (χ2n) is 9.25. The molecule has 2 bridgehead atoms. The average molecular weight is 453 g/mol. The van der Waals surface area contributed by atoms with Crippen LogP contribution in [0.15, 0.2) is 30.6 Å². The lowest BCUT2D eigenvalue weighted by molar-refractivity contribution is 0.374. The van der Waals surface area contributed by atoms with E-state index in [0.717, 1.165) is 56.5 Å². The van der Waals surface area contributed by atoms with Crippen LogP contribution in [0.4, 0.5) is 32.2 Å². The van der Waals surface area contributed by atoms with Gasteiger partial charge in [0.1, 0.15) is 12.1 Å². The number of nitrogens with one attached hydrogen (secondary N) is 1. The van der Waals surface area contributed by atoms with Crippen molar-refractivity contribution in [3.63, 3.8) is 0 Å². The molecule has 0 radical (unpaired) electrons. The van der Waals surface area contributed by atoms with Crippen molar-refractivity contribution >= 4 is 23.4 Å². The van der Waals surface area contributed by atoms with Crippen LogP contribution in [0.5, 0.6) is 0 Å². The molecular formula is C23H26F2N8. The first-order valence-electron chi connectivity index (χ1n) is 11.5. The summed E-state index contributed by atoms with van der Waals surface area (Å²) in [6, 6.07) is 6.32. The van der Waals surface area contributed by atoms with Crippen LogP contribution in [0.3, 0.4) is 0 Å². The van der Waals surface area contributed by atoms with Crippen molar-refractivity contribution in [2.45, 2.75) is 38.8 Å². The number of fused-ring (bicyclic) bond motifs is 3. The van der Waals surface area contributed by atoms with E-state index in [9.17, 15) is 8.78 Å². The topological polar surface area (TPSA) is 75.0 Å². The first-order valence-corrected chi connectivity index (χ1v) is 11.5. The summed E-state index contributed by atoms with van der Waals surface area (Å²) < 4.78 is 29.1. The standard InChI is InChI=1S/C23H26F2N8/c1-14-9-20(27-13-26-14)31-11-15-3-4-16(12-31)21(15)28-22-29-23-32(7-2-8-33(23)30-22)17-5-6-18(24)19(25)10-17/h5-6,9-10,13,15-16,21H,2-4,7-8,11-12H2,1H3,(H,28,30)/t15-,16?,21?/m0/s1. The number of benzene rings is 1. The molecule has 1 aromatic carbocycles. The number of rotatable bonds is 4. The Morgan fingerprint density at radius 2 is 1.82 bits per heavy atom. The van der Waals surface area contributed by atoms with E-state index in [1.54, 1.807) is 12.4 Å². The molecular weight excluding hydrogens is 426 g/mol. The zero-order valence-corrected chi connectivity index (χ0v) is 18.5. The molecule has 172 valence electrons. The summed E-state index contributed by atoms with van der Waals surface area (Å²) in [5, 5.41) is 8.31. The van der Waals surface area contributed by atoms with Crippen LogP contribution in [-0.2, 0) is 6.54 Å². The molecule has 8 nitrogen and oxygen atoms in total. The molecule has 2 aromatic heterocycles. The summed E-state index contributed by atoms with van der Waals surface area (Å²) in [6.07, 6.45) is 4.82. The third-order valence-corrected chi connectivity index (χ3v) is 7.10. The molecule has 10 heteroatoms. The summed E-state index contributed by atoms with van der Waals surface area (Å²) in [6.45, 7) is 5.32. The third kappa shape index (κ3) is 3.67. The molecule has 6 rings (SSSR count). The van der Waals surface area contributed by atoms with E-state index in [0.29, 0.717) is 42.0 Å². The van der Waals surface area contributed by atoms with Gasteiger partial charge in [0, 0.05) is 55.7 Å². The minimum absolute atomic E-state index is 0.311. The molecule has 33 heavy (non-hydrogen) atoms. The number of hydrogen-bond acceptors (Lipinski definition) is 7. The minimum Gasteiger partial charge on any atom is -0.356 e. The Balaban J connectivity index is 1.21. The molecule has 2 unspecified atom stereocenters. The minimum atomic E-state index is -0.857. The molecule has 3 atom stereocenters. The van der Waals surface area contributed by atoms with Crippen LogP contribution in [0, 0.1) is 30.4 Å². The van der Waals surface area contributed by atoms with Gasteiger partial charge < -0.3 is 15.1 Å². The number of aromatic nitrogens is 5. The molecule has 2 aliphatic heterocycles. The highest BCUT2D eigenvalue weighted by Gasteiger charge is 2.43. The summed E-state index contributed by atoms with van der Waals surface area (Å²) >= 11 is 0. The van der Waals surface area contributed by atoms with E-state index in [1.807, 2.05) is 22.6 Å². The summed E-state index contributed by atoms with van der Waals surface area (Å²) in [4.78, 5) is 17.7. The van der Waals surface area contributed by atoms with Gasteiger partial charge in [-0.25, -0.2) is 23.4 Å².